The summed E-state index contributed by atoms with van der Waals surface area (Å²) >= 11 is 0. The van der Waals surface area contributed by atoms with E-state index in [-0.39, 0.29) is 0 Å². The number of benzene rings is 1. The molecule has 0 aliphatic carbocycles. The number of para-hydroxylation sites is 1. The molecule has 1 aromatic carbocycles. The SMILES string of the molecule is C1=CN(c2ccccc2)CC(c2cccnc2)=C1. The van der Waals surface area contributed by atoms with Gasteiger partial charge in [0, 0.05) is 30.8 Å². The second kappa shape index (κ2) is 4.88. The summed E-state index contributed by atoms with van der Waals surface area (Å²) in [6, 6.07) is 14.5. The smallest absolute Gasteiger partial charge is 0.0482 e. The highest BCUT2D eigenvalue weighted by molar-refractivity contribution is 5.73. The van der Waals surface area contributed by atoms with Crippen LogP contribution in [0.3, 0.4) is 0 Å². The molecule has 0 amide bonds. The van der Waals surface area contributed by atoms with Gasteiger partial charge < -0.3 is 4.90 Å². The quantitative estimate of drug-likeness (QED) is 0.790. The van der Waals surface area contributed by atoms with E-state index in [1.807, 2.05) is 18.3 Å². The van der Waals surface area contributed by atoms with Crippen LogP contribution in [0.15, 0.2) is 73.2 Å². The van der Waals surface area contributed by atoms with Crippen molar-refractivity contribution in [1.82, 2.24) is 4.98 Å². The van der Waals surface area contributed by atoms with Gasteiger partial charge in [-0.25, -0.2) is 0 Å². The molecule has 0 fully saturated rings. The molecule has 18 heavy (non-hydrogen) atoms. The lowest BCUT2D eigenvalue weighted by atomic mass is 10.1. The maximum atomic E-state index is 4.17. The van der Waals surface area contributed by atoms with E-state index < -0.39 is 0 Å². The first-order chi connectivity index (χ1) is 8.93. The number of anilines is 1. The molecule has 0 radical (unpaired) electrons. The fraction of sp³-hybridized carbons (Fsp3) is 0.0625. The molecule has 2 aromatic rings. The summed E-state index contributed by atoms with van der Waals surface area (Å²) in [5.74, 6) is 0. The van der Waals surface area contributed by atoms with Gasteiger partial charge in [-0.05, 0) is 35.4 Å². The van der Waals surface area contributed by atoms with Gasteiger partial charge in [0.15, 0.2) is 0 Å². The summed E-state index contributed by atoms with van der Waals surface area (Å²) in [4.78, 5) is 6.41. The Labute approximate surface area is 107 Å². The van der Waals surface area contributed by atoms with Gasteiger partial charge in [-0.2, -0.15) is 0 Å². The van der Waals surface area contributed by atoms with Gasteiger partial charge in [0.1, 0.15) is 0 Å². The van der Waals surface area contributed by atoms with E-state index in [1.165, 1.54) is 16.8 Å². The molecule has 0 saturated carbocycles. The van der Waals surface area contributed by atoms with Crippen LogP contribution >= 0.6 is 0 Å². The molecule has 0 N–H and O–H groups in total. The molecule has 2 nitrogen and oxygen atoms in total. The minimum absolute atomic E-state index is 0.881. The zero-order chi connectivity index (χ0) is 12.2. The maximum absolute atomic E-state index is 4.17. The van der Waals surface area contributed by atoms with Crippen LogP contribution in [-0.4, -0.2) is 11.5 Å². The number of hydrogen-bond donors (Lipinski definition) is 0. The normalized spacial score (nSPS) is 14.4. The Morgan fingerprint density at radius 2 is 1.89 bits per heavy atom. The third-order valence-electron chi connectivity index (χ3n) is 3.02. The summed E-state index contributed by atoms with van der Waals surface area (Å²) in [6.45, 7) is 0.881. The van der Waals surface area contributed by atoms with E-state index in [0.29, 0.717) is 0 Å². The van der Waals surface area contributed by atoms with Gasteiger partial charge in [-0.1, -0.05) is 30.3 Å². The Kier molecular flexibility index (Phi) is 2.92. The number of hydrogen-bond acceptors (Lipinski definition) is 2. The van der Waals surface area contributed by atoms with E-state index >= 15 is 0 Å². The minimum atomic E-state index is 0.881. The predicted molar refractivity (Wildman–Crippen MR) is 75.1 cm³/mol. The Balaban J connectivity index is 1.85. The van der Waals surface area contributed by atoms with E-state index in [0.717, 1.165) is 6.54 Å². The third-order valence-corrected chi connectivity index (χ3v) is 3.02. The van der Waals surface area contributed by atoms with Crippen LogP contribution in [-0.2, 0) is 0 Å². The summed E-state index contributed by atoms with van der Waals surface area (Å²) < 4.78 is 0. The number of nitrogens with zero attached hydrogens (tertiary/aromatic N) is 2. The molecule has 2 heterocycles. The molecule has 0 saturated heterocycles. The second-order valence-electron chi connectivity index (χ2n) is 4.24. The lowest BCUT2D eigenvalue weighted by molar-refractivity contribution is 1.08. The van der Waals surface area contributed by atoms with Crippen molar-refractivity contribution in [3.05, 3.63) is 78.8 Å². The Hall–Kier alpha value is -2.35. The summed E-state index contributed by atoms with van der Waals surface area (Å²) in [5, 5.41) is 0. The highest BCUT2D eigenvalue weighted by atomic mass is 15.1. The molecule has 1 aliphatic heterocycles. The molecular weight excluding hydrogens is 220 g/mol. The van der Waals surface area contributed by atoms with Crippen molar-refractivity contribution in [2.45, 2.75) is 0 Å². The van der Waals surface area contributed by atoms with Gasteiger partial charge in [-0.15, -0.1) is 0 Å². The molecule has 0 unspecified atom stereocenters. The van der Waals surface area contributed by atoms with Crippen LogP contribution in [0.2, 0.25) is 0 Å². The molecule has 88 valence electrons. The van der Waals surface area contributed by atoms with E-state index in [9.17, 15) is 0 Å². The molecule has 0 atom stereocenters. The number of allylic oxidation sites excluding steroid dienone is 2. The average molecular weight is 234 g/mol. The van der Waals surface area contributed by atoms with Crippen LogP contribution in [0.25, 0.3) is 5.57 Å². The molecule has 1 aliphatic rings. The van der Waals surface area contributed by atoms with Crippen molar-refractivity contribution >= 4 is 11.3 Å². The lowest BCUT2D eigenvalue weighted by Gasteiger charge is -2.24. The highest BCUT2D eigenvalue weighted by Gasteiger charge is 2.10. The van der Waals surface area contributed by atoms with Gasteiger partial charge in [0.05, 0.1) is 0 Å². The van der Waals surface area contributed by atoms with Gasteiger partial charge in [0.2, 0.25) is 0 Å². The highest BCUT2D eigenvalue weighted by Crippen LogP contribution is 2.23. The zero-order valence-electron chi connectivity index (χ0n) is 10.0. The monoisotopic (exact) mass is 234 g/mol. The average Bonchev–Trinajstić information content (AvgIpc) is 2.49. The van der Waals surface area contributed by atoms with Crippen LogP contribution in [0.4, 0.5) is 5.69 Å². The Morgan fingerprint density at radius 1 is 1.00 bits per heavy atom. The molecule has 2 heteroatoms. The number of pyridine rings is 1. The van der Waals surface area contributed by atoms with E-state index in [2.05, 4.69) is 58.6 Å². The van der Waals surface area contributed by atoms with Crippen molar-refractivity contribution in [3.63, 3.8) is 0 Å². The van der Waals surface area contributed by atoms with Crippen molar-refractivity contribution < 1.29 is 0 Å². The predicted octanol–water partition coefficient (Wildman–Crippen LogP) is 3.50. The standard InChI is InChI=1S/C16H14N2/c1-2-8-16(9-3-1)18-11-5-7-15(13-18)14-6-4-10-17-12-14/h1-12H,13H2. The first kappa shape index (κ1) is 10.8. The van der Waals surface area contributed by atoms with Crippen molar-refractivity contribution in [2.75, 3.05) is 11.4 Å². The fourth-order valence-corrected chi connectivity index (χ4v) is 2.09. The van der Waals surface area contributed by atoms with Crippen LogP contribution in [0.1, 0.15) is 5.56 Å². The van der Waals surface area contributed by atoms with Crippen molar-refractivity contribution in [1.29, 1.82) is 0 Å². The lowest BCUT2D eigenvalue weighted by Crippen LogP contribution is -2.20. The van der Waals surface area contributed by atoms with Crippen LogP contribution in [0.5, 0.6) is 0 Å². The van der Waals surface area contributed by atoms with E-state index in [1.54, 1.807) is 6.20 Å². The molecule has 0 bridgehead atoms. The third kappa shape index (κ3) is 2.18. The van der Waals surface area contributed by atoms with Gasteiger partial charge in [0.25, 0.3) is 0 Å². The van der Waals surface area contributed by atoms with E-state index in [4.69, 9.17) is 0 Å². The van der Waals surface area contributed by atoms with Crippen LogP contribution in [0, 0.1) is 0 Å². The van der Waals surface area contributed by atoms with Gasteiger partial charge in [-0.3, -0.25) is 4.98 Å². The maximum Gasteiger partial charge on any atom is 0.0482 e. The summed E-state index contributed by atoms with van der Waals surface area (Å²) in [7, 11) is 0. The fourth-order valence-electron chi connectivity index (χ4n) is 2.09. The first-order valence-corrected chi connectivity index (χ1v) is 6.03. The van der Waals surface area contributed by atoms with Gasteiger partial charge >= 0.3 is 0 Å². The summed E-state index contributed by atoms with van der Waals surface area (Å²) in [6.07, 6.45) is 10.1. The largest absolute Gasteiger partial charge is 0.344 e. The van der Waals surface area contributed by atoms with Crippen molar-refractivity contribution in [2.24, 2.45) is 0 Å². The minimum Gasteiger partial charge on any atom is -0.344 e. The number of rotatable bonds is 2. The second-order valence-corrected chi connectivity index (χ2v) is 4.24. The molecule has 3 rings (SSSR count). The van der Waals surface area contributed by atoms with Crippen LogP contribution < -0.4 is 4.90 Å². The topological polar surface area (TPSA) is 16.1 Å². The molecule has 0 spiro atoms. The summed E-state index contributed by atoms with van der Waals surface area (Å²) in [5.41, 5.74) is 3.68. The number of aromatic nitrogens is 1. The molecular formula is C16H14N2. The Bertz CT molecular complexity index is 571. The molecule has 1 aromatic heterocycles. The Morgan fingerprint density at radius 3 is 2.67 bits per heavy atom. The zero-order valence-corrected chi connectivity index (χ0v) is 10.0. The van der Waals surface area contributed by atoms with Crippen molar-refractivity contribution in [3.8, 4) is 0 Å². The first-order valence-electron chi connectivity index (χ1n) is 6.03.